The van der Waals surface area contributed by atoms with Crippen molar-refractivity contribution in [1.29, 1.82) is 0 Å². The van der Waals surface area contributed by atoms with Gasteiger partial charge < -0.3 is 10.6 Å². The van der Waals surface area contributed by atoms with E-state index in [1.807, 2.05) is 0 Å². The fraction of sp³-hybridized carbons (Fsp3) is 1.00. The first-order valence-electron chi connectivity index (χ1n) is 5.30. The fourth-order valence-corrected chi connectivity index (χ4v) is 1.13. The van der Waals surface area contributed by atoms with Crippen molar-refractivity contribution in [3.05, 3.63) is 10.6 Å². The standard InChI is InChI=1S/C11H24N2.Ni/c1-8(2)11(13-10(5)6)7-12-9(3)4;/h8-11H,7H2,1-6H3;/q-2;+2. The van der Waals surface area contributed by atoms with Gasteiger partial charge in [-0.2, -0.15) is 12.6 Å². The van der Waals surface area contributed by atoms with Crippen molar-refractivity contribution in [3.63, 3.8) is 0 Å². The maximum absolute atomic E-state index is 4.65. The number of hydrogen-bond acceptors (Lipinski definition) is 0. The molecule has 2 nitrogen and oxygen atoms in total. The van der Waals surface area contributed by atoms with Gasteiger partial charge in [-0.3, -0.25) is 0 Å². The van der Waals surface area contributed by atoms with Gasteiger partial charge in [0.25, 0.3) is 0 Å². The quantitative estimate of drug-likeness (QED) is 0.638. The Hall–Kier alpha value is 0.414. The van der Waals surface area contributed by atoms with Crippen LogP contribution >= 0.6 is 0 Å². The molecule has 0 bridgehead atoms. The van der Waals surface area contributed by atoms with Crippen LogP contribution in [0.1, 0.15) is 41.5 Å². The van der Waals surface area contributed by atoms with E-state index in [2.05, 4.69) is 52.2 Å². The Bertz CT molecular complexity index is 124. The van der Waals surface area contributed by atoms with Crippen molar-refractivity contribution < 1.29 is 16.5 Å². The Morgan fingerprint density at radius 3 is 1.64 bits per heavy atom. The van der Waals surface area contributed by atoms with Crippen LogP contribution in [0.15, 0.2) is 0 Å². The molecule has 14 heavy (non-hydrogen) atoms. The number of hydrogen-bond donors (Lipinski definition) is 0. The van der Waals surface area contributed by atoms with Gasteiger partial charge in [-0.15, -0.1) is 12.1 Å². The molecule has 1 unspecified atom stereocenters. The molecule has 88 valence electrons. The Morgan fingerprint density at radius 1 is 0.857 bits per heavy atom. The third kappa shape index (κ3) is 8.99. The Labute approximate surface area is 99.5 Å². The first-order chi connectivity index (χ1) is 5.93. The molecule has 0 saturated carbocycles. The second kappa shape index (κ2) is 8.70. The van der Waals surface area contributed by atoms with Gasteiger partial charge in [-0.05, 0) is 0 Å². The number of rotatable bonds is 6. The molecule has 0 aliphatic carbocycles. The molecular formula is C11H24N2Ni. The molecule has 0 aromatic carbocycles. The average Bonchev–Trinajstić information content (AvgIpc) is 1.96. The van der Waals surface area contributed by atoms with Crippen LogP contribution in [0.25, 0.3) is 10.6 Å². The van der Waals surface area contributed by atoms with Crippen molar-refractivity contribution in [2.45, 2.75) is 59.7 Å². The van der Waals surface area contributed by atoms with Crippen molar-refractivity contribution in [3.8, 4) is 0 Å². The molecule has 0 amide bonds. The Balaban J connectivity index is 0. The molecule has 0 N–H and O–H groups in total. The van der Waals surface area contributed by atoms with Crippen LogP contribution in [0.2, 0.25) is 0 Å². The third-order valence-corrected chi connectivity index (χ3v) is 1.92. The second-order valence-corrected chi connectivity index (χ2v) is 4.51. The van der Waals surface area contributed by atoms with Crippen LogP contribution in [0, 0.1) is 5.92 Å². The van der Waals surface area contributed by atoms with Crippen LogP contribution in [0.4, 0.5) is 0 Å². The summed E-state index contributed by atoms with van der Waals surface area (Å²) in [7, 11) is 0. The molecule has 0 spiro atoms. The molecule has 0 aromatic rings. The van der Waals surface area contributed by atoms with Gasteiger partial charge in [0, 0.05) is 0 Å². The normalized spacial score (nSPS) is 13.5. The molecular weight excluding hydrogens is 219 g/mol. The topological polar surface area (TPSA) is 28.2 Å². The molecule has 0 fully saturated rings. The molecule has 0 aliphatic rings. The van der Waals surface area contributed by atoms with Gasteiger partial charge in [-0.1, -0.05) is 47.5 Å². The van der Waals surface area contributed by atoms with Crippen LogP contribution in [0.5, 0.6) is 0 Å². The van der Waals surface area contributed by atoms with E-state index in [1.165, 1.54) is 0 Å². The van der Waals surface area contributed by atoms with Gasteiger partial charge in [0.15, 0.2) is 0 Å². The van der Waals surface area contributed by atoms with Crippen LogP contribution < -0.4 is 0 Å². The monoisotopic (exact) mass is 242 g/mol. The summed E-state index contributed by atoms with van der Waals surface area (Å²) in [5, 5.41) is 9.16. The summed E-state index contributed by atoms with van der Waals surface area (Å²) >= 11 is 0. The van der Waals surface area contributed by atoms with Gasteiger partial charge >= 0.3 is 16.5 Å². The summed E-state index contributed by atoms with van der Waals surface area (Å²) in [6, 6.07) is 1.26. The molecule has 0 aliphatic heterocycles. The van der Waals surface area contributed by atoms with Gasteiger partial charge in [0.2, 0.25) is 0 Å². The van der Waals surface area contributed by atoms with Gasteiger partial charge in [0.1, 0.15) is 0 Å². The van der Waals surface area contributed by atoms with Crippen molar-refractivity contribution in [2.24, 2.45) is 5.92 Å². The van der Waals surface area contributed by atoms with E-state index in [4.69, 9.17) is 0 Å². The molecule has 0 radical (unpaired) electrons. The van der Waals surface area contributed by atoms with E-state index in [0.717, 1.165) is 6.54 Å². The largest absolute Gasteiger partial charge is 2.00 e. The molecule has 0 saturated heterocycles. The van der Waals surface area contributed by atoms with E-state index in [0.29, 0.717) is 24.0 Å². The molecule has 0 aromatic heterocycles. The van der Waals surface area contributed by atoms with Crippen LogP contribution in [0.3, 0.4) is 0 Å². The summed E-state index contributed by atoms with van der Waals surface area (Å²) in [6.45, 7) is 13.8. The minimum absolute atomic E-state index is 0. The Morgan fingerprint density at radius 2 is 1.36 bits per heavy atom. The zero-order valence-electron chi connectivity index (χ0n) is 10.2. The van der Waals surface area contributed by atoms with E-state index in [1.54, 1.807) is 0 Å². The molecule has 0 rings (SSSR count). The SMILES string of the molecule is CC(C)[N-]CC([N-]C(C)C)C(C)C.[Ni+2]. The van der Waals surface area contributed by atoms with E-state index in [-0.39, 0.29) is 16.5 Å². The summed E-state index contributed by atoms with van der Waals surface area (Å²) in [5.41, 5.74) is 0. The van der Waals surface area contributed by atoms with Crippen LogP contribution in [-0.4, -0.2) is 24.7 Å². The summed E-state index contributed by atoms with van der Waals surface area (Å²) in [5.74, 6) is 0.602. The first kappa shape index (κ1) is 16.8. The van der Waals surface area contributed by atoms with Gasteiger partial charge in [-0.25, -0.2) is 0 Å². The summed E-state index contributed by atoms with van der Waals surface area (Å²) < 4.78 is 0. The zero-order chi connectivity index (χ0) is 10.4. The smallest absolute Gasteiger partial charge is 0.661 e. The maximum atomic E-state index is 4.65. The second-order valence-electron chi connectivity index (χ2n) is 4.51. The average molecular weight is 243 g/mol. The fourth-order valence-electron chi connectivity index (χ4n) is 1.13. The van der Waals surface area contributed by atoms with Crippen molar-refractivity contribution in [1.82, 2.24) is 0 Å². The third-order valence-electron chi connectivity index (χ3n) is 1.92. The van der Waals surface area contributed by atoms with Crippen molar-refractivity contribution in [2.75, 3.05) is 6.54 Å². The molecule has 3 heteroatoms. The summed E-state index contributed by atoms with van der Waals surface area (Å²) in [6.07, 6.45) is 0. The first-order valence-corrected chi connectivity index (χ1v) is 5.30. The minimum atomic E-state index is 0. The summed E-state index contributed by atoms with van der Waals surface area (Å²) in [4.78, 5) is 0. The zero-order valence-corrected chi connectivity index (χ0v) is 11.2. The van der Waals surface area contributed by atoms with E-state index >= 15 is 0 Å². The Kier molecular flexibility index (Phi) is 10.5. The molecule has 0 heterocycles. The van der Waals surface area contributed by atoms with E-state index in [9.17, 15) is 0 Å². The van der Waals surface area contributed by atoms with Crippen LogP contribution in [-0.2, 0) is 16.5 Å². The van der Waals surface area contributed by atoms with Crippen molar-refractivity contribution >= 4 is 0 Å². The number of nitrogens with zero attached hydrogens (tertiary/aromatic N) is 2. The maximum Gasteiger partial charge on any atom is 2.00 e. The van der Waals surface area contributed by atoms with E-state index < -0.39 is 0 Å². The minimum Gasteiger partial charge on any atom is -0.661 e. The predicted molar refractivity (Wildman–Crippen MR) is 60.5 cm³/mol. The van der Waals surface area contributed by atoms with Gasteiger partial charge in [0.05, 0.1) is 0 Å². The molecule has 1 atom stereocenters. The predicted octanol–water partition coefficient (Wildman–Crippen LogP) is 3.57.